The Kier molecular flexibility index (Phi) is 4.90. The van der Waals surface area contributed by atoms with Crippen molar-refractivity contribution in [3.63, 3.8) is 0 Å². The van der Waals surface area contributed by atoms with E-state index in [4.69, 9.17) is 4.74 Å². The number of ether oxygens (including phenoxy) is 1. The van der Waals surface area contributed by atoms with Gasteiger partial charge in [-0.1, -0.05) is 24.3 Å². The number of amides is 1. The van der Waals surface area contributed by atoms with E-state index >= 15 is 0 Å². The second-order valence-electron chi connectivity index (χ2n) is 7.42. The van der Waals surface area contributed by atoms with Gasteiger partial charge in [-0.2, -0.15) is 0 Å². The third-order valence-electron chi connectivity index (χ3n) is 5.47. The van der Waals surface area contributed by atoms with Crippen LogP contribution in [0.25, 0.3) is 10.8 Å². The molecule has 5 nitrogen and oxygen atoms in total. The van der Waals surface area contributed by atoms with Crippen molar-refractivity contribution in [2.45, 2.75) is 32.6 Å². The van der Waals surface area contributed by atoms with Crippen LogP contribution in [0.2, 0.25) is 0 Å². The Balaban J connectivity index is 1.82. The Morgan fingerprint density at radius 2 is 1.88 bits per heavy atom. The Morgan fingerprint density at radius 1 is 1.19 bits per heavy atom. The summed E-state index contributed by atoms with van der Waals surface area (Å²) < 4.78 is 5.25. The summed E-state index contributed by atoms with van der Waals surface area (Å²) in [6.07, 6.45) is 1.33. The lowest BCUT2D eigenvalue weighted by Gasteiger charge is -2.38. The van der Waals surface area contributed by atoms with Crippen molar-refractivity contribution in [3.05, 3.63) is 42.0 Å². The molecular weight excluding hydrogens is 330 g/mol. The molecule has 2 atom stereocenters. The van der Waals surface area contributed by atoms with Crippen molar-refractivity contribution in [1.82, 2.24) is 4.90 Å². The second-order valence-corrected chi connectivity index (χ2v) is 7.42. The summed E-state index contributed by atoms with van der Waals surface area (Å²) in [6, 6.07) is 11.8. The van der Waals surface area contributed by atoms with Crippen molar-refractivity contribution in [1.29, 1.82) is 0 Å². The summed E-state index contributed by atoms with van der Waals surface area (Å²) in [5, 5.41) is 11.6. The van der Waals surface area contributed by atoms with Crippen LogP contribution < -0.4 is 4.74 Å². The fourth-order valence-electron chi connectivity index (χ4n) is 3.66. The molecule has 0 radical (unpaired) electrons. The van der Waals surface area contributed by atoms with Gasteiger partial charge in [0.25, 0.3) is 0 Å². The van der Waals surface area contributed by atoms with Gasteiger partial charge < -0.3 is 14.7 Å². The molecule has 5 heteroatoms. The Morgan fingerprint density at radius 3 is 2.58 bits per heavy atom. The molecule has 0 spiro atoms. The van der Waals surface area contributed by atoms with Gasteiger partial charge in [0.05, 0.1) is 18.4 Å². The molecule has 1 unspecified atom stereocenters. The molecule has 0 aliphatic carbocycles. The van der Waals surface area contributed by atoms with E-state index in [1.807, 2.05) is 43.3 Å². The molecule has 1 heterocycles. The summed E-state index contributed by atoms with van der Waals surface area (Å²) in [7, 11) is 1.64. The van der Waals surface area contributed by atoms with Crippen molar-refractivity contribution < 1.29 is 19.4 Å². The summed E-state index contributed by atoms with van der Waals surface area (Å²) in [5.74, 6) is -0.347. The number of benzene rings is 2. The Hall–Kier alpha value is -2.56. The van der Waals surface area contributed by atoms with Crippen LogP contribution in [0.5, 0.6) is 5.75 Å². The number of hydrogen-bond donors (Lipinski definition) is 1. The topological polar surface area (TPSA) is 66.8 Å². The van der Waals surface area contributed by atoms with Crippen molar-refractivity contribution in [2.75, 3.05) is 20.2 Å². The Labute approximate surface area is 153 Å². The molecule has 1 saturated heterocycles. The van der Waals surface area contributed by atoms with Crippen LogP contribution in [0, 0.1) is 5.41 Å². The predicted octanol–water partition coefficient (Wildman–Crippen LogP) is 3.67. The SMILES string of the molecule is COc1ccc2cc([C@H](C)C(=O)N3CCCC(C)(C(=O)O)C3)ccc2c1. The first-order chi connectivity index (χ1) is 12.3. The molecular formula is C21H25NO4. The largest absolute Gasteiger partial charge is 0.497 e. The number of fused-ring (bicyclic) bond motifs is 1. The minimum absolute atomic E-state index is 0.00923. The van der Waals surface area contributed by atoms with Crippen LogP contribution in [0.4, 0.5) is 0 Å². The maximum absolute atomic E-state index is 13.0. The number of carbonyl (C=O) groups excluding carboxylic acids is 1. The number of carboxylic acids is 1. The molecule has 138 valence electrons. The molecule has 2 aromatic rings. The van der Waals surface area contributed by atoms with Gasteiger partial charge in [0.2, 0.25) is 5.91 Å². The van der Waals surface area contributed by atoms with E-state index in [0.717, 1.165) is 28.5 Å². The summed E-state index contributed by atoms with van der Waals surface area (Å²) in [6.45, 7) is 4.51. The normalized spacial score (nSPS) is 21.4. The molecule has 1 fully saturated rings. The number of piperidine rings is 1. The second kappa shape index (κ2) is 6.98. The number of likely N-dealkylation sites (tertiary alicyclic amines) is 1. The molecule has 0 bridgehead atoms. The molecule has 2 aromatic carbocycles. The van der Waals surface area contributed by atoms with Crippen LogP contribution in [0.3, 0.4) is 0 Å². The van der Waals surface area contributed by atoms with E-state index in [1.54, 1.807) is 18.9 Å². The highest BCUT2D eigenvalue weighted by Crippen LogP contribution is 2.32. The number of carbonyl (C=O) groups is 2. The van der Waals surface area contributed by atoms with Crippen molar-refractivity contribution >= 4 is 22.6 Å². The third-order valence-corrected chi connectivity index (χ3v) is 5.47. The van der Waals surface area contributed by atoms with E-state index < -0.39 is 11.4 Å². The molecule has 1 aliphatic rings. The predicted molar refractivity (Wildman–Crippen MR) is 100 cm³/mol. The van der Waals surface area contributed by atoms with Crippen LogP contribution in [-0.4, -0.2) is 42.1 Å². The molecule has 3 rings (SSSR count). The fraction of sp³-hybridized carbons (Fsp3) is 0.429. The van der Waals surface area contributed by atoms with Gasteiger partial charge >= 0.3 is 5.97 Å². The highest BCUT2D eigenvalue weighted by molar-refractivity contribution is 5.89. The van der Waals surface area contributed by atoms with E-state index in [9.17, 15) is 14.7 Å². The lowest BCUT2D eigenvalue weighted by molar-refractivity contribution is -0.153. The number of rotatable bonds is 4. The molecule has 0 saturated carbocycles. The van der Waals surface area contributed by atoms with Crippen LogP contribution in [0.1, 0.15) is 38.2 Å². The molecule has 0 aromatic heterocycles. The maximum Gasteiger partial charge on any atom is 0.311 e. The highest BCUT2D eigenvalue weighted by atomic mass is 16.5. The summed E-state index contributed by atoms with van der Waals surface area (Å²) in [5.41, 5.74) is 0.0865. The number of methoxy groups -OCH3 is 1. The average molecular weight is 355 g/mol. The number of aliphatic carboxylic acids is 1. The van der Waals surface area contributed by atoms with Gasteiger partial charge in [-0.3, -0.25) is 9.59 Å². The lowest BCUT2D eigenvalue weighted by atomic mass is 9.81. The minimum Gasteiger partial charge on any atom is -0.497 e. The smallest absolute Gasteiger partial charge is 0.311 e. The van der Waals surface area contributed by atoms with E-state index in [-0.39, 0.29) is 18.4 Å². The lowest BCUT2D eigenvalue weighted by Crippen LogP contribution is -2.49. The van der Waals surface area contributed by atoms with Gasteiger partial charge in [0.15, 0.2) is 0 Å². The molecule has 1 aliphatic heterocycles. The van der Waals surface area contributed by atoms with Crippen LogP contribution in [-0.2, 0) is 9.59 Å². The third kappa shape index (κ3) is 3.39. The molecule has 1 amide bonds. The first kappa shape index (κ1) is 18.2. The van der Waals surface area contributed by atoms with E-state index in [0.29, 0.717) is 13.0 Å². The minimum atomic E-state index is -0.854. The van der Waals surface area contributed by atoms with Gasteiger partial charge in [-0.25, -0.2) is 0 Å². The van der Waals surface area contributed by atoms with E-state index in [1.165, 1.54) is 0 Å². The molecule has 1 N–H and O–H groups in total. The fourth-order valence-corrected chi connectivity index (χ4v) is 3.66. The number of hydrogen-bond acceptors (Lipinski definition) is 3. The van der Waals surface area contributed by atoms with Gasteiger partial charge in [0, 0.05) is 13.1 Å². The Bertz CT molecular complexity index is 847. The summed E-state index contributed by atoms with van der Waals surface area (Å²) >= 11 is 0. The number of nitrogens with zero attached hydrogens (tertiary/aromatic N) is 1. The average Bonchev–Trinajstić information content (AvgIpc) is 2.65. The highest BCUT2D eigenvalue weighted by Gasteiger charge is 2.40. The van der Waals surface area contributed by atoms with Crippen molar-refractivity contribution in [3.8, 4) is 5.75 Å². The zero-order valence-corrected chi connectivity index (χ0v) is 15.5. The molecule has 26 heavy (non-hydrogen) atoms. The first-order valence-corrected chi connectivity index (χ1v) is 8.94. The standard InChI is InChI=1S/C21H25NO4/c1-14(19(23)22-10-4-9-21(2,13-22)20(24)25)15-5-6-17-12-18(26-3)8-7-16(17)11-15/h5-8,11-12,14H,4,9-10,13H2,1-3H3,(H,24,25)/t14-,21?/m0/s1. The first-order valence-electron chi connectivity index (χ1n) is 8.94. The zero-order chi connectivity index (χ0) is 18.9. The van der Waals surface area contributed by atoms with Crippen LogP contribution >= 0.6 is 0 Å². The number of carboxylic acid groups (broad SMARTS) is 1. The van der Waals surface area contributed by atoms with Crippen molar-refractivity contribution in [2.24, 2.45) is 5.41 Å². The van der Waals surface area contributed by atoms with E-state index in [2.05, 4.69) is 0 Å². The maximum atomic E-state index is 13.0. The monoisotopic (exact) mass is 355 g/mol. The quantitative estimate of drug-likeness (QED) is 0.909. The van der Waals surface area contributed by atoms with Gasteiger partial charge in [-0.15, -0.1) is 0 Å². The summed E-state index contributed by atoms with van der Waals surface area (Å²) in [4.78, 5) is 26.2. The van der Waals surface area contributed by atoms with Gasteiger partial charge in [0.1, 0.15) is 5.75 Å². The zero-order valence-electron chi connectivity index (χ0n) is 15.5. The van der Waals surface area contributed by atoms with Gasteiger partial charge in [-0.05, 0) is 55.2 Å². The van der Waals surface area contributed by atoms with Crippen LogP contribution in [0.15, 0.2) is 36.4 Å².